The standard InChI is InChI=1S/C16H32N2O3.ClH/c1-12(2)21-10-6-9-18-16(20)15(19)14(17)11-13-7-4-3-5-8-13;/h12-15,19H,3-11,17H2,1-2H3,(H,18,20);1H/t14-,15?;/m1./s1. The van der Waals surface area contributed by atoms with E-state index in [2.05, 4.69) is 5.32 Å². The molecule has 4 N–H and O–H groups in total. The van der Waals surface area contributed by atoms with E-state index in [0.717, 1.165) is 12.8 Å². The van der Waals surface area contributed by atoms with E-state index >= 15 is 0 Å². The summed E-state index contributed by atoms with van der Waals surface area (Å²) in [5.41, 5.74) is 5.98. The monoisotopic (exact) mass is 336 g/mol. The van der Waals surface area contributed by atoms with Crippen LogP contribution in [0, 0.1) is 5.92 Å². The minimum absolute atomic E-state index is 0. The maximum atomic E-state index is 11.8. The van der Waals surface area contributed by atoms with Crippen molar-refractivity contribution < 1.29 is 14.6 Å². The number of hydrogen-bond acceptors (Lipinski definition) is 4. The second kappa shape index (κ2) is 12.1. The number of nitrogens with two attached hydrogens (primary N) is 1. The zero-order valence-corrected chi connectivity index (χ0v) is 14.7. The smallest absolute Gasteiger partial charge is 0.250 e. The first-order valence-corrected chi connectivity index (χ1v) is 8.33. The molecule has 22 heavy (non-hydrogen) atoms. The first kappa shape index (κ1) is 21.6. The number of aliphatic hydroxyl groups excluding tert-OH is 1. The van der Waals surface area contributed by atoms with E-state index < -0.39 is 12.1 Å². The Hall–Kier alpha value is -0.360. The molecule has 1 amide bonds. The summed E-state index contributed by atoms with van der Waals surface area (Å²) in [4.78, 5) is 11.8. The summed E-state index contributed by atoms with van der Waals surface area (Å²) in [5.74, 6) is 0.207. The summed E-state index contributed by atoms with van der Waals surface area (Å²) in [7, 11) is 0. The molecule has 1 aliphatic rings. The Bertz CT molecular complexity index is 297. The molecule has 0 radical (unpaired) electrons. The zero-order valence-electron chi connectivity index (χ0n) is 13.9. The summed E-state index contributed by atoms with van der Waals surface area (Å²) < 4.78 is 5.39. The molecule has 0 aliphatic heterocycles. The van der Waals surface area contributed by atoms with Gasteiger partial charge in [0.15, 0.2) is 0 Å². The van der Waals surface area contributed by atoms with Gasteiger partial charge in [0, 0.05) is 19.2 Å². The van der Waals surface area contributed by atoms with Gasteiger partial charge in [0.1, 0.15) is 6.10 Å². The Labute approximate surface area is 140 Å². The summed E-state index contributed by atoms with van der Waals surface area (Å²) in [6, 6.07) is -0.458. The van der Waals surface area contributed by atoms with E-state index in [1.54, 1.807) is 0 Å². The van der Waals surface area contributed by atoms with Gasteiger partial charge in [-0.3, -0.25) is 4.79 Å². The van der Waals surface area contributed by atoms with Crippen molar-refractivity contribution in [3.8, 4) is 0 Å². The number of amides is 1. The average Bonchev–Trinajstić information content (AvgIpc) is 2.46. The van der Waals surface area contributed by atoms with E-state index in [1.165, 1.54) is 32.1 Å². The molecule has 0 bridgehead atoms. The Balaban J connectivity index is 0.00000441. The molecule has 132 valence electrons. The van der Waals surface area contributed by atoms with Crippen molar-refractivity contribution in [1.82, 2.24) is 5.32 Å². The number of hydrogen-bond donors (Lipinski definition) is 3. The molecule has 0 aromatic rings. The molecule has 1 fully saturated rings. The van der Waals surface area contributed by atoms with Gasteiger partial charge >= 0.3 is 0 Å². The third-order valence-corrected chi connectivity index (χ3v) is 4.08. The lowest BCUT2D eigenvalue weighted by Gasteiger charge is -2.26. The van der Waals surface area contributed by atoms with Gasteiger partial charge in [-0.15, -0.1) is 12.4 Å². The fourth-order valence-corrected chi connectivity index (χ4v) is 2.84. The Kier molecular flexibility index (Phi) is 11.9. The maximum Gasteiger partial charge on any atom is 0.250 e. The SMILES string of the molecule is CC(C)OCCCNC(=O)C(O)[C@H](N)CC1CCCCC1.Cl. The van der Waals surface area contributed by atoms with E-state index in [1.807, 2.05) is 13.8 Å². The molecule has 0 aromatic carbocycles. The van der Waals surface area contributed by atoms with Crippen LogP contribution in [0.3, 0.4) is 0 Å². The van der Waals surface area contributed by atoms with E-state index in [9.17, 15) is 9.90 Å². The molecule has 1 aliphatic carbocycles. The highest BCUT2D eigenvalue weighted by molar-refractivity contribution is 5.85. The van der Waals surface area contributed by atoms with Gasteiger partial charge in [-0.1, -0.05) is 32.1 Å². The van der Waals surface area contributed by atoms with E-state index in [-0.39, 0.29) is 24.4 Å². The highest BCUT2D eigenvalue weighted by Crippen LogP contribution is 2.27. The van der Waals surface area contributed by atoms with Crippen LogP contribution in [0.4, 0.5) is 0 Å². The quantitative estimate of drug-likeness (QED) is 0.562. The fraction of sp³-hybridized carbons (Fsp3) is 0.938. The van der Waals surface area contributed by atoms with Crippen LogP contribution in [-0.2, 0) is 9.53 Å². The van der Waals surface area contributed by atoms with Crippen molar-refractivity contribution in [2.75, 3.05) is 13.2 Å². The highest BCUT2D eigenvalue weighted by atomic mass is 35.5. The minimum atomic E-state index is -1.10. The molecular weight excluding hydrogens is 304 g/mol. The lowest BCUT2D eigenvalue weighted by atomic mass is 9.84. The van der Waals surface area contributed by atoms with Crippen LogP contribution in [-0.4, -0.2) is 42.4 Å². The number of carbonyl (C=O) groups excluding carboxylic acids is 1. The number of aliphatic hydroxyl groups is 1. The van der Waals surface area contributed by atoms with E-state index in [4.69, 9.17) is 10.5 Å². The van der Waals surface area contributed by atoms with Crippen molar-refractivity contribution in [1.29, 1.82) is 0 Å². The summed E-state index contributed by atoms with van der Waals surface area (Å²) in [5, 5.41) is 12.7. The van der Waals surface area contributed by atoms with Crippen LogP contribution < -0.4 is 11.1 Å². The molecule has 0 heterocycles. The van der Waals surface area contributed by atoms with Crippen LogP contribution >= 0.6 is 12.4 Å². The average molecular weight is 337 g/mol. The third-order valence-electron chi connectivity index (χ3n) is 4.08. The zero-order chi connectivity index (χ0) is 15.7. The predicted molar refractivity (Wildman–Crippen MR) is 91.1 cm³/mol. The maximum absolute atomic E-state index is 11.8. The van der Waals surface area contributed by atoms with Gasteiger partial charge in [0.05, 0.1) is 6.10 Å². The van der Waals surface area contributed by atoms with Crippen LogP contribution in [0.5, 0.6) is 0 Å². The molecule has 6 heteroatoms. The van der Waals surface area contributed by atoms with Crippen LogP contribution in [0.15, 0.2) is 0 Å². The molecule has 2 atom stereocenters. The van der Waals surface area contributed by atoms with Gasteiger partial charge in [0.25, 0.3) is 0 Å². The molecule has 0 saturated heterocycles. The van der Waals surface area contributed by atoms with Crippen molar-refractivity contribution in [2.24, 2.45) is 11.7 Å². The lowest BCUT2D eigenvalue weighted by Crippen LogP contribution is -2.47. The first-order chi connectivity index (χ1) is 10.0. The molecule has 1 saturated carbocycles. The van der Waals surface area contributed by atoms with Gasteiger partial charge in [-0.25, -0.2) is 0 Å². The Morgan fingerprint density at radius 3 is 2.55 bits per heavy atom. The predicted octanol–water partition coefficient (Wildman–Crippen LogP) is 2.00. The van der Waals surface area contributed by atoms with Gasteiger partial charge in [0.2, 0.25) is 5.91 Å². The summed E-state index contributed by atoms with van der Waals surface area (Å²) in [6.07, 6.45) is 6.73. The van der Waals surface area contributed by atoms with Crippen LogP contribution in [0.2, 0.25) is 0 Å². The fourth-order valence-electron chi connectivity index (χ4n) is 2.84. The summed E-state index contributed by atoms with van der Waals surface area (Å²) in [6.45, 7) is 5.08. The molecular formula is C16H33ClN2O3. The van der Waals surface area contributed by atoms with Crippen molar-refractivity contribution in [2.45, 2.75) is 77.0 Å². The molecule has 0 spiro atoms. The Morgan fingerprint density at radius 2 is 1.95 bits per heavy atom. The first-order valence-electron chi connectivity index (χ1n) is 8.33. The van der Waals surface area contributed by atoms with Crippen LogP contribution in [0.25, 0.3) is 0 Å². The second-order valence-electron chi connectivity index (χ2n) is 6.41. The summed E-state index contributed by atoms with van der Waals surface area (Å²) >= 11 is 0. The molecule has 5 nitrogen and oxygen atoms in total. The van der Waals surface area contributed by atoms with Gasteiger partial charge in [-0.2, -0.15) is 0 Å². The lowest BCUT2D eigenvalue weighted by molar-refractivity contribution is -0.130. The highest BCUT2D eigenvalue weighted by Gasteiger charge is 2.26. The van der Waals surface area contributed by atoms with Crippen LogP contribution in [0.1, 0.15) is 58.8 Å². The Morgan fingerprint density at radius 1 is 1.32 bits per heavy atom. The number of rotatable bonds is 9. The number of nitrogens with one attached hydrogen (secondary N) is 1. The molecule has 1 rings (SSSR count). The van der Waals surface area contributed by atoms with Gasteiger partial charge < -0.3 is 20.9 Å². The molecule has 0 aromatic heterocycles. The molecule has 1 unspecified atom stereocenters. The topological polar surface area (TPSA) is 84.6 Å². The van der Waals surface area contributed by atoms with Crippen molar-refractivity contribution in [3.63, 3.8) is 0 Å². The third kappa shape index (κ3) is 8.93. The van der Waals surface area contributed by atoms with Crippen molar-refractivity contribution in [3.05, 3.63) is 0 Å². The minimum Gasteiger partial charge on any atom is -0.382 e. The number of carbonyl (C=O) groups is 1. The number of ether oxygens (including phenoxy) is 1. The normalized spacial score (nSPS) is 18.6. The second-order valence-corrected chi connectivity index (χ2v) is 6.41. The number of halogens is 1. The largest absolute Gasteiger partial charge is 0.382 e. The van der Waals surface area contributed by atoms with Gasteiger partial charge in [-0.05, 0) is 32.6 Å². The van der Waals surface area contributed by atoms with E-state index in [0.29, 0.717) is 19.1 Å². The van der Waals surface area contributed by atoms with Crippen molar-refractivity contribution >= 4 is 18.3 Å².